The van der Waals surface area contributed by atoms with Crippen LogP contribution in [-0.2, 0) is 19.6 Å². The van der Waals surface area contributed by atoms with E-state index in [2.05, 4.69) is 10.0 Å². The third-order valence-electron chi connectivity index (χ3n) is 2.69. The number of sulfonamides is 1. The predicted molar refractivity (Wildman–Crippen MR) is 64.1 cm³/mol. The van der Waals surface area contributed by atoms with Gasteiger partial charge in [-0.25, -0.2) is 13.1 Å². The molecule has 0 bridgehead atoms. The van der Waals surface area contributed by atoms with Crippen LogP contribution in [0.4, 0.5) is 0 Å². The van der Waals surface area contributed by atoms with Gasteiger partial charge in [0.2, 0.25) is 15.9 Å². The molecular weight excluding hydrogens is 244 g/mol. The molecule has 100 valence electrons. The third kappa shape index (κ3) is 5.99. The second-order valence-electron chi connectivity index (χ2n) is 4.07. The van der Waals surface area contributed by atoms with E-state index in [4.69, 9.17) is 4.74 Å². The van der Waals surface area contributed by atoms with Gasteiger partial charge in [-0.2, -0.15) is 0 Å². The zero-order valence-electron chi connectivity index (χ0n) is 10.1. The Bertz CT molecular complexity index is 336. The van der Waals surface area contributed by atoms with Gasteiger partial charge in [0.25, 0.3) is 0 Å². The molecule has 1 unspecified atom stereocenters. The lowest BCUT2D eigenvalue weighted by Gasteiger charge is -2.21. The van der Waals surface area contributed by atoms with Crippen LogP contribution in [0.25, 0.3) is 0 Å². The molecule has 1 heterocycles. The van der Waals surface area contributed by atoms with Crippen molar-refractivity contribution in [3.63, 3.8) is 0 Å². The number of hydrogen-bond donors (Lipinski definition) is 2. The first-order valence-electron chi connectivity index (χ1n) is 5.83. The van der Waals surface area contributed by atoms with E-state index < -0.39 is 10.0 Å². The summed E-state index contributed by atoms with van der Waals surface area (Å²) in [5, 5.41) is 2.58. The number of nitrogens with one attached hydrogen (secondary N) is 2. The minimum atomic E-state index is -3.24. The lowest BCUT2D eigenvalue weighted by atomic mass is 10.1. The van der Waals surface area contributed by atoms with Gasteiger partial charge in [0, 0.05) is 13.2 Å². The van der Waals surface area contributed by atoms with Crippen molar-refractivity contribution in [2.45, 2.75) is 31.8 Å². The molecule has 2 N–H and O–H groups in total. The number of carbonyl (C=O) groups is 1. The van der Waals surface area contributed by atoms with Crippen molar-refractivity contribution in [1.29, 1.82) is 0 Å². The normalized spacial score (nSPS) is 21.1. The van der Waals surface area contributed by atoms with Crippen molar-refractivity contribution in [3.8, 4) is 0 Å². The second kappa shape index (κ2) is 6.93. The number of rotatable bonds is 6. The highest BCUT2D eigenvalue weighted by Crippen LogP contribution is 2.15. The van der Waals surface area contributed by atoms with E-state index in [0.717, 1.165) is 19.3 Å². The lowest BCUT2D eigenvalue weighted by molar-refractivity contribution is -0.124. The van der Waals surface area contributed by atoms with Gasteiger partial charge in [0.1, 0.15) is 0 Å². The first-order valence-corrected chi connectivity index (χ1v) is 7.48. The van der Waals surface area contributed by atoms with Crippen LogP contribution < -0.4 is 10.0 Å². The number of hydrogen-bond acceptors (Lipinski definition) is 4. The van der Waals surface area contributed by atoms with Crippen molar-refractivity contribution in [3.05, 3.63) is 0 Å². The highest BCUT2D eigenvalue weighted by atomic mass is 32.2. The molecule has 1 aliphatic heterocycles. The van der Waals surface area contributed by atoms with Crippen LogP contribution in [0, 0.1) is 0 Å². The molecule has 0 radical (unpaired) electrons. The summed E-state index contributed by atoms with van der Waals surface area (Å²) >= 11 is 0. The van der Waals surface area contributed by atoms with Crippen LogP contribution in [0.5, 0.6) is 0 Å². The summed E-state index contributed by atoms with van der Waals surface area (Å²) in [6.07, 6.45) is 3.36. The van der Waals surface area contributed by atoms with Crippen LogP contribution in [0.15, 0.2) is 0 Å². The standard InChI is InChI=1S/C10H20N2O4S/c1-11-17(14,15)7-5-12-10(13)8-9-4-2-3-6-16-9/h9,11H,2-8H2,1H3,(H,12,13). The number of amides is 1. The number of carbonyl (C=O) groups excluding carboxylic acids is 1. The highest BCUT2D eigenvalue weighted by Gasteiger charge is 2.17. The SMILES string of the molecule is CNS(=O)(=O)CCNC(=O)CC1CCCCO1. The van der Waals surface area contributed by atoms with Gasteiger partial charge in [-0.15, -0.1) is 0 Å². The van der Waals surface area contributed by atoms with Crippen LogP contribution >= 0.6 is 0 Å². The van der Waals surface area contributed by atoms with Gasteiger partial charge in [0.15, 0.2) is 0 Å². The minimum absolute atomic E-state index is 0.00958. The van der Waals surface area contributed by atoms with Gasteiger partial charge in [-0.05, 0) is 26.3 Å². The number of ether oxygens (including phenoxy) is 1. The molecule has 7 heteroatoms. The average Bonchev–Trinajstić information content (AvgIpc) is 2.30. The molecule has 0 saturated carbocycles. The van der Waals surface area contributed by atoms with E-state index in [9.17, 15) is 13.2 Å². The fraction of sp³-hybridized carbons (Fsp3) is 0.900. The molecule has 0 aromatic carbocycles. The lowest BCUT2D eigenvalue weighted by Crippen LogP contribution is -2.35. The molecule has 0 aromatic heterocycles. The topological polar surface area (TPSA) is 84.5 Å². The Labute approximate surface area is 102 Å². The molecule has 17 heavy (non-hydrogen) atoms. The van der Waals surface area contributed by atoms with Gasteiger partial charge in [-0.1, -0.05) is 0 Å². The van der Waals surface area contributed by atoms with E-state index in [0.29, 0.717) is 13.0 Å². The van der Waals surface area contributed by atoms with Gasteiger partial charge < -0.3 is 10.1 Å². The van der Waals surface area contributed by atoms with E-state index in [-0.39, 0.29) is 24.3 Å². The smallest absolute Gasteiger partial charge is 0.222 e. The second-order valence-corrected chi connectivity index (χ2v) is 6.11. The van der Waals surface area contributed by atoms with Crippen molar-refractivity contribution in [2.24, 2.45) is 0 Å². The first-order chi connectivity index (χ1) is 8.03. The zero-order chi connectivity index (χ0) is 12.7. The summed E-state index contributed by atoms with van der Waals surface area (Å²) in [6, 6.07) is 0. The predicted octanol–water partition coefficient (Wildman–Crippen LogP) is -0.389. The Morgan fingerprint density at radius 1 is 1.41 bits per heavy atom. The van der Waals surface area contributed by atoms with E-state index >= 15 is 0 Å². The van der Waals surface area contributed by atoms with E-state index in [1.165, 1.54) is 7.05 Å². The molecule has 1 amide bonds. The molecule has 0 aliphatic carbocycles. The maximum absolute atomic E-state index is 11.5. The molecule has 6 nitrogen and oxygen atoms in total. The molecule has 1 saturated heterocycles. The molecular formula is C10H20N2O4S. The molecule has 1 atom stereocenters. The van der Waals surface area contributed by atoms with Crippen molar-refractivity contribution in [2.75, 3.05) is 26.0 Å². The van der Waals surface area contributed by atoms with Crippen LogP contribution in [0.2, 0.25) is 0 Å². The minimum Gasteiger partial charge on any atom is -0.378 e. The van der Waals surface area contributed by atoms with Crippen molar-refractivity contribution in [1.82, 2.24) is 10.0 Å². The molecule has 1 rings (SSSR count). The third-order valence-corrected chi connectivity index (χ3v) is 4.05. The first kappa shape index (κ1) is 14.4. The zero-order valence-corrected chi connectivity index (χ0v) is 10.9. The van der Waals surface area contributed by atoms with Crippen molar-refractivity contribution < 1.29 is 17.9 Å². The Hall–Kier alpha value is -0.660. The molecule has 1 fully saturated rings. The quantitative estimate of drug-likeness (QED) is 0.684. The van der Waals surface area contributed by atoms with Gasteiger partial charge in [-0.3, -0.25) is 4.79 Å². The Kier molecular flexibility index (Phi) is 5.87. The summed E-state index contributed by atoms with van der Waals surface area (Å²) in [6.45, 7) is 0.848. The van der Waals surface area contributed by atoms with Gasteiger partial charge >= 0.3 is 0 Å². The van der Waals surface area contributed by atoms with Crippen LogP contribution in [0.1, 0.15) is 25.7 Å². The van der Waals surface area contributed by atoms with Gasteiger partial charge in [0.05, 0.1) is 18.3 Å². The average molecular weight is 264 g/mol. The maximum atomic E-state index is 11.5. The molecule has 0 aromatic rings. The van der Waals surface area contributed by atoms with E-state index in [1.807, 2.05) is 0 Å². The Morgan fingerprint density at radius 3 is 2.76 bits per heavy atom. The fourth-order valence-corrected chi connectivity index (χ4v) is 2.25. The van der Waals surface area contributed by atoms with Crippen LogP contribution in [0.3, 0.4) is 0 Å². The molecule has 1 aliphatic rings. The Morgan fingerprint density at radius 2 is 2.18 bits per heavy atom. The van der Waals surface area contributed by atoms with Crippen LogP contribution in [-0.4, -0.2) is 46.4 Å². The summed E-state index contributed by atoms with van der Waals surface area (Å²) in [4.78, 5) is 11.5. The Balaban J connectivity index is 2.16. The fourth-order valence-electron chi connectivity index (χ4n) is 1.67. The summed E-state index contributed by atoms with van der Waals surface area (Å²) in [7, 11) is -1.89. The maximum Gasteiger partial charge on any atom is 0.222 e. The largest absolute Gasteiger partial charge is 0.378 e. The van der Waals surface area contributed by atoms with E-state index in [1.54, 1.807) is 0 Å². The summed E-state index contributed by atoms with van der Waals surface area (Å²) < 4.78 is 29.8. The van der Waals surface area contributed by atoms with Crippen molar-refractivity contribution >= 4 is 15.9 Å². The summed E-state index contributed by atoms with van der Waals surface area (Å²) in [5.74, 6) is -0.246. The molecule has 0 spiro atoms. The summed E-state index contributed by atoms with van der Waals surface area (Å²) in [5.41, 5.74) is 0. The monoisotopic (exact) mass is 264 g/mol. The highest BCUT2D eigenvalue weighted by molar-refractivity contribution is 7.89.